The molecule has 5 rings (SSSR count). The van der Waals surface area contributed by atoms with Crippen molar-refractivity contribution < 1.29 is 9.90 Å². The highest BCUT2D eigenvalue weighted by molar-refractivity contribution is 9.10. The molecule has 3 aliphatic rings. The highest BCUT2D eigenvalue weighted by atomic mass is 79.9. The van der Waals surface area contributed by atoms with Gasteiger partial charge < -0.3 is 10.4 Å². The molecule has 128 valence electrons. The Bertz CT molecular complexity index is 847. The number of carboxylic acid groups (broad SMARTS) is 1. The van der Waals surface area contributed by atoms with Crippen molar-refractivity contribution in [3.8, 4) is 0 Å². The molecule has 0 saturated heterocycles. The van der Waals surface area contributed by atoms with Crippen molar-refractivity contribution in [1.29, 1.82) is 0 Å². The summed E-state index contributed by atoms with van der Waals surface area (Å²) >= 11 is 3.52. The predicted molar refractivity (Wildman–Crippen MR) is 101 cm³/mol. The lowest BCUT2D eigenvalue weighted by molar-refractivity contribution is 0.0697. The monoisotopic (exact) mass is 397 g/mol. The molecule has 1 aliphatic heterocycles. The Morgan fingerprint density at radius 3 is 2.60 bits per heavy atom. The molecular weight excluding hydrogens is 378 g/mol. The van der Waals surface area contributed by atoms with Gasteiger partial charge in [0.1, 0.15) is 0 Å². The number of aromatic carboxylic acids is 1. The Morgan fingerprint density at radius 1 is 1.08 bits per heavy atom. The molecule has 2 aliphatic carbocycles. The first-order valence-electron chi connectivity index (χ1n) is 9.01. The highest BCUT2D eigenvalue weighted by Crippen LogP contribution is 2.63. The number of hydrogen-bond donors (Lipinski definition) is 2. The van der Waals surface area contributed by atoms with Crippen molar-refractivity contribution in [2.45, 2.75) is 31.2 Å². The Labute approximate surface area is 155 Å². The molecule has 2 saturated carbocycles. The van der Waals surface area contributed by atoms with E-state index in [4.69, 9.17) is 0 Å². The van der Waals surface area contributed by atoms with E-state index in [0.717, 1.165) is 16.1 Å². The van der Waals surface area contributed by atoms with Gasteiger partial charge in [0.2, 0.25) is 0 Å². The topological polar surface area (TPSA) is 49.3 Å². The molecule has 0 radical (unpaired) electrons. The van der Waals surface area contributed by atoms with Crippen LogP contribution in [0.15, 0.2) is 46.9 Å². The summed E-state index contributed by atoms with van der Waals surface area (Å²) in [6.07, 6.45) is 3.89. The van der Waals surface area contributed by atoms with Crippen LogP contribution < -0.4 is 5.32 Å². The second-order valence-corrected chi connectivity index (χ2v) is 8.60. The molecule has 4 heteroatoms. The van der Waals surface area contributed by atoms with Crippen LogP contribution in [0.1, 0.15) is 52.7 Å². The first kappa shape index (κ1) is 15.4. The van der Waals surface area contributed by atoms with E-state index in [2.05, 4.69) is 51.6 Å². The fourth-order valence-corrected chi connectivity index (χ4v) is 5.96. The lowest BCUT2D eigenvalue weighted by Gasteiger charge is -2.44. The van der Waals surface area contributed by atoms with Gasteiger partial charge in [0.15, 0.2) is 0 Å². The Hall–Kier alpha value is -1.81. The fraction of sp³-hybridized carbons (Fsp3) is 0.381. The third-order valence-electron chi connectivity index (χ3n) is 6.58. The summed E-state index contributed by atoms with van der Waals surface area (Å²) in [5.41, 5.74) is 3.74. The van der Waals surface area contributed by atoms with E-state index in [0.29, 0.717) is 23.3 Å². The molecule has 2 bridgehead atoms. The van der Waals surface area contributed by atoms with E-state index in [1.807, 2.05) is 6.07 Å². The van der Waals surface area contributed by atoms with Gasteiger partial charge in [-0.1, -0.05) is 40.2 Å². The number of fused-ring (bicyclic) bond motifs is 7. The van der Waals surface area contributed by atoms with E-state index in [1.54, 1.807) is 6.07 Å². The second-order valence-electron chi connectivity index (χ2n) is 7.68. The van der Waals surface area contributed by atoms with Crippen LogP contribution in [0.25, 0.3) is 0 Å². The number of benzene rings is 2. The SMILES string of the molecule is O=C(O)c1cccc2c1N[C@@H](c1ccc(Br)cc1)[C@@H]1[C@@H]3CC[C@@H](C3)[C@@H]21. The first-order chi connectivity index (χ1) is 12.1. The van der Waals surface area contributed by atoms with Gasteiger partial charge in [0, 0.05) is 4.47 Å². The standard InChI is InChI=1S/C21H20BrNO2/c22-14-8-6-11(7-9-14)19-18-13-5-4-12(10-13)17(18)15-2-1-3-16(21(24)25)20(15)23-19/h1-3,6-9,12-13,17-19,23H,4-5,10H2,(H,24,25)/t12-,13+,17-,18+,19-/m0/s1. The Morgan fingerprint density at radius 2 is 1.84 bits per heavy atom. The smallest absolute Gasteiger partial charge is 0.337 e. The number of rotatable bonds is 2. The number of hydrogen-bond acceptors (Lipinski definition) is 2. The van der Waals surface area contributed by atoms with E-state index >= 15 is 0 Å². The zero-order valence-corrected chi connectivity index (χ0v) is 15.4. The van der Waals surface area contributed by atoms with Crippen LogP contribution in [-0.4, -0.2) is 11.1 Å². The van der Waals surface area contributed by atoms with Gasteiger partial charge in [0.25, 0.3) is 0 Å². The molecule has 0 aromatic heterocycles. The normalized spacial score (nSPS) is 32.0. The van der Waals surface area contributed by atoms with Crippen LogP contribution in [0.2, 0.25) is 0 Å². The summed E-state index contributed by atoms with van der Waals surface area (Å²) in [5, 5.41) is 13.3. The molecule has 0 amide bonds. The minimum atomic E-state index is -0.847. The van der Waals surface area contributed by atoms with Gasteiger partial charge in [0.05, 0.1) is 17.3 Å². The van der Waals surface area contributed by atoms with Crippen molar-refractivity contribution in [2.24, 2.45) is 17.8 Å². The lowest BCUT2D eigenvalue weighted by atomic mass is 9.67. The molecule has 5 atom stereocenters. The second kappa shape index (κ2) is 5.60. The molecule has 2 N–H and O–H groups in total. The van der Waals surface area contributed by atoms with Gasteiger partial charge in [-0.15, -0.1) is 0 Å². The first-order valence-corrected chi connectivity index (χ1v) is 9.81. The van der Waals surface area contributed by atoms with Crippen LogP contribution >= 0.6 is 15.9 Å². The molecule has 2 aromatic rings. The molecule has 2 aromatic carbocycles. The zero-order chi connectivity index (χ0) is 17.1. The molecular formula is C21H20BrNO2. The Kier molecular flexibility index (Phi) is 3.46. The number of para-hydroxylation sites is 1. The van der Waals surface area contributed by atoms with E-state index < -0.39 is 5.97 Å². The van der Waals surface area contributed by atoms with E-state index in [9.17, 15) is 9.90 Å². The summed E-state index contributed by atoms with van der Waals surface area (Å²) in [6, 6.07) is 14.5. The van der Waals surface area contributed by atoms with Crippen LogP contribution in [-0.2, 0) is 0 Å². The third-order valence-corrected chi connectivity index (χ3v) is 7.11. The molecule has 1 heterocycles. The predicted octanol–water partition coefficient (Wildman–Crippen LogP) is 5.44. The number of halogens is 1. The highest BCUT2D eigenvalue weighted by Gasteiger charge is 2.54. The van der Waals surface area contributed by atoms with E-state index in [-0.39, 0.29) is 6.04 Å². The van der Waals surface area contributed by atoms with Gasteiger partial charge >= 0.3 is 5.97 Å². The van der Waals surface area contributed by atoms with Crippen molar-refractivity contribution in [2.75, 3.05) is 5.32 Å². The number of nitrogens with one attached hydrogen (secondary N) is 1. The van der Waals surface area contributed by atoms with Gasteiger partial charge in [-0.05, 0) is 72.3 Å². The third kappa shape index (κ3) is 2.27. The average molecular weight is 398 g/mol. The van der Waals surface area contributed by atoms with Gasteiger partial charge in [-0.25, -0.2) is 4.79 Å². The van der Waals surface area contributed by atoms with Crippen molar-refractivity contribution >= 4 is 27.6 Å². The molecule has 0 spiro atoms. The fourth-order valence-electron chi connectivity index (χ4n) is 5.69. The number of carboxylic acids is 1. The number of anilines is 1. The van der Waals surface area contributed by atoms with Crippen molar-refractivity contribution in [3.05, 3.63) is 63.6 Å². The van der Waals surface area contributed by atoms with Crippen molar-refractivity contribution in [1.82, 2.24) is 0 Å². The summed E-state index contributed by atoms with van der Waals surface area (Å²) < 4.78 is 1.07. The Balaban J connectivity index is 1.67. The molecule has 25 heavy (non-hydrogen) atoms. The van der Waals surface area contributed by atoms with Gasteiger partial charge in [-0.2, -0.15) is 0 Å². The summed E-state index contributed by atoms with van der Waals surface area (Å²) in [4.78, 5) is 11.8. The van der Waals surface area contributed by atoms with Crippen LogP contribution in [0, 0.1) is 17.8 Å². The maximum Gasteiger partial charge on any atom is 0.337 e. The zero-order valence-electron chi connectivity index (χ0n) is 13.8. The van der Waals surface area contributed by atoms with Crippen LogP contribution in [0.5, 0.6) is 0 Å². The largest absolute Gasteiger partial charge is 0.478 e. The molecule has 0 unspecified atom stereocenters. The van der Waals surface area contributed by atoms with Crippen LogP contribution in [0.4, 0.5) is 5.69 Å². The lowest BCUT2D eigenvalue weighted by Crippen LogP contribution is -2.36. The summed E-state index contributed by atoms with van der Waals surface area (Å²) in [6.45, 7) is 0. The average Bonchev–Trinajstić information content (AvgIpc) is 3.23. The number of carbonyl (C=O) groups is 1. The maximum absolute atomic E-state index is 11.8. The summed E-state index contributed by atoms with van der Waals surface area (Å²) in [5.74, 6) is 1.66. The summed E-state index contributed by atoms with van der Waals surface area (Å²) in [7, 11) is 0. The molecule has 2 fully saturated rings. The van der Waals surface area contributed by atoms with Crippen LogP contribution in [0.3, 0.4) is 0 Å². The molecule has 3 nitrogen and oxygen atoms in total. The van der Waals surface area contributed by atoms with Crippen molar-refractivity contribution in [3.63, 3.8) is 0 Å². The van der Waals surface area contributed by atoms with E-state index in [1.165, 1.54) is 30.4 Å². The quantitative estimate of drug-likeness (QED) is 0.708. The minimum Gasteiger partial charge on any atom is -0.478 e. The maximum atomic E-state index is 11.8. The van der Waals surface area contributed by atoms with Gasteiger partial charge in [-0.3, -0.25) is 0 Å². The minimum absolute atomic E-state index is 0.196.